The summed E-state index contributed by atoms with van der Waals surface area (Å²) in [7, 11) is 0. The largest absolute Gasteiger partial charge is 0.457 e. The van der Waals surface area contributed by atoms with Gasteiger partial charge in [0, 0.05) is 23.7 Å². The summed E-state index contributed by atoms with van der Waals surface area (Å²) < 4.78 is 5.75. The Hall–Kier alpha value is -3.02. The highest BCUT2D eigenvalue weighted by Crippen LogP contribution is 2.34. The Morgan fingerprint density at radius 1 is 0.967 bits per heavy atom. The number of carbonyl (C=O) groups is 2. The SMILES string of the molecule is O=C(Nc1ccc(Oc2ccccc2)cc1)[C@@H]1CC(=O)N(c2cc(Cl)ccc2Cl)C1. The molecule has 0 aliphatic carbocycles. The van der Waals surface area contributed by atoms with E-state index in [9.17, 15) is 9.59 Å². The van der Waals surface area contributed by atoms with E-state index in [4.69, 9.17) is 27.9 Å². The number of para-hydroxylation sites is 1. The Morgan fingerprint density at radius 2 is 1.67 bits per heavy atom. The van der Waals surface area contributed by atoms with Gasteiger partial charge in [-0.15, -0.1) is 0 Å². The number of carbonyl (C=O) groups excluding carboxylic acids is 2. The summed E-state index contributed by atoms with van der Waals surface area (Å²) in [5.74, 6) is 0.537. The molecule has 7 heteroatoms. The van der Waals surface area contributed by atoms with Gasteiger partial charge in [0.05, 0.1) is 16.6 Å². The molecule has 1 heterocycles. The number of nitrogens with one attached hydrogen (secondary N) is 1. The molecule has 0 radical (unpaired) electrons. The lowest BCUT2D eigenvalue weighted by molar-refractivity contribution is -0.122. The number of hydrogen-bond acceptors (Lipinski definition) is 3. The average molecular weight is 441 g/mol. The summed E-state index contributed by atoms with van der Waals surface area (Å²) in [6.45, 7) is 0.250. The first-order valence-electron chi connectivity index (χ1n) is 9.39. The highest BCUT2D eigenvalue weighted by molar-refractivity contribution is 6.36. The molecular weight excluding hydrogens is 423 g/mol. The fraction of sp³-hybridized carbons (Fsp3) is 0.130. The number of anilines is 2. The average Bonchev–Trinajstić information content (AvgIpc) is 3.14. The van der Waals surface area contributed by atoms with Gasteiger partial charge in [0.15, 0.2) is 0 Å². The maximum atomic E-state index is 12.7. The molecule has 1 aliphatic heterocycles. The van der Waals surface area contributed by atoms with Gasteiger partial charge in [-0.1, -0.05) is 41.4 Å². The van der Waals surface area contributed by atoms with Crippen LogP contribution in [-0.4, -0.2) is 18.4 Å². The lowest BCUT2D eigenvalue weighted by Crippen LogP contribution is -2.28. The predicted octanol–water partition coefficient (Wildman–Crippen LogP) is 5.78. The molecule has 30 heavy (non-hydrogen) atoms. The number of amides is 2. The van der Waals surface area contributed by atoms with Crippen LogP contribution in [0.3, 0.4) is 0 Å². The van der Waals surface area contributed by atoms with Crippen molar-refractivity contribution < 1.29 is 14.3 Å². The molecule has 1 aliphatic rings. The van der Waals surface area contributed by atoms with Crippen molar-refractivity contribution in [3.8, 4) is 11.5 Å². The number of ether oxygens (including phenoxy) is 1. The van der Waals surface area contributed by atoms with Crippen molar-refractivity contribution in [3.05, 3.63) is 82.8 Å². The molecular formula is C23H18Cl2N2O3. The van der Waals surface area contributed by atoms with Crippen LogP contribution in [0.5, 0.6) is 11.5 Å². The van der Waals surface area contributed by atoms with E-state index in [-0.39, 0.29) is 24.8 Å². The Labute approximate surface area is 184 Å². The molecule has 0 spiro atoms. The van der Waals surface area contributed by atoms with Crippen molar-refractivity contribution >= 4 is 46.4 Å². The van der Waals surface area contributed by atoms with E-state index in [1.165, 1.54) is 4.90 Å². The fourth-order valence-electron chi connectivity index (χ4n) is 3.28. The highest BCUT2D eigenvalue weighted by Gasteiger charge is 2.36. The molecule has 3 aromatic carbocycles. The third kappa shape index (κ3) is 4.58. The van der Waals surface area contributed by atoms with Crippen LogP contribution >= 0.6 is 23.2 Å². The molecule has 0 saturated carbocycles. The van der Waals surface area contributed by atoms with Gasteiger partial charge in [0.2, 0.25) is 11.8 Å². The van der Waals surface area contributed by atoms with Gasteiger partial charge in [-0.25, -0.2) is 0 Å². The molecule has 5 nitrogen and oxygen atoms in total. The first-order valence-corrected chi connectivity index (χ1v) is 10.1. The van der Waals surface area contributed by atoms with Crippen molar-refractivity contribution in [2.24, 2.45) is 5.92 Å². The molecule has 3 aromatic rings. The quantitative estimate of drug-likeness (QED) is 0.546. The topological polar surface area (TPSA) is 58.6 Å². The zero-order chi connectivity index (χ0) is 21.1. The van der Waals surface area contributed by atoms with Crippen molar-refractivity contribution in [2.75, 3.05) is 16.8 Å². The molecule has 1 fully saturated rings. The monoisotopic (exact) mass is 440 g/mol. The van der Waals surface area contributed by atoms with Gasteiger partial charge in [-0.3, -0.25) is 9.59 Å². The second-order valence-corrected chi connectivity index (χ2v) is 7.77. The third-order valence-corrected chi connectivity index (χ3v) is 5.35. The van der Waals surface area contributed by atoms with Crippen molar-refractivity contribution in [3.63, 3.8) is 0 Å². The molecule has 4 rings (SSSR count). The lowest BCUT2D eigenvalue weighted by atomic mass is 10.1. The van der Waals surface area contributed by atoms with Gasteiger partial charge >= 0.3 is 0 Å². The van der Waals surface area contributed by atoms with Crippen LogP contribution < -0.4 is 15.0 Å². The van der Waals surface area contributed by atoms with Gasteiger partial charge in [0.25, 0.3) is 0 Å². The normalized spacial score (nSPS) is 15.9. The molecule has 0 unspecified atom stereocenters. The minimum absolute atomic E-state index is 0.115. The third-order valence-electron chi connectivity index (χ3n) is 4.80. The smallest absolute Gasteiger partial charge is 0.229 e. The summed E-state index contributed by atoms with van der Waals surface area (Å²) in [6, 6.07) is 21.4. The lowest BCUT2D eigenvalue weighted by Gasteiger charge is -2.18. The van der Waals surface area contributed by atoms with Crippen molar-refractivity contribution in [2.45, 2.75) is 6.42 Å². The van der Waals surface area contributed by atoms with E-state index in [0.717, 1.165) is 5.75 Å². The summed E-state index contributed by atoms with van der Waals surface area (Å²) in [5, 5.41) is 3.76. The Kier molecular flexibility index (Phi) is 5.93. The molecule has 1 atom stereocenters. The minimum atomic E-state index is -0.479. The molecule has 2 amide bonds. The number of halogens is 2. The van der Waals surface area contributed by atoms with E-state index in [0.29, 0.717) is 27.2 Å². The number of hydrogen-bond donors (Lipinski definition) is 1. The number of rotatable bonds is 5. The van der Waals surface area contributed by atoms with Crippen LogP contribution in [0.25, 0.3) is 0 Å². The standard InChI is InChI=1S/C23H18Cl2N2O3/c24-16-6-11-20(25)21(13-16)27-14-15(12-22(27)28)23(29)26-17-7-9-19(10-8-17)30-18-4-2-1-3-5-18/h1-11,13,15H,12,14H2,(H,26,29)/t15-/m1/s1. The van der Waals surface area contributed by atoms with Gasteiger partial charge < -0.3 is 15.0 Å². The van der Waals surface area contributed by atoms with Gasteiger partial charge in [-0.05, 0) is 54.6 Å². The first kappa shape index (κ1) is 20.3. The van der Waals surface area contributed by atoms with Crippen LogP contribution in [0.15, 0.2) is 72.8 Å². The zero-order valence-corrected chi connectivity index (χ0v) is 17.4. The van der Waals surface area contributed by atoms with Crippen LogP contribution in [0.1, 0.15) is 6.42 Å². The van der Waals surface area contributed by atoms with Gasteiger partial charge in [-0.2, -0.15) is 0 Å². The van der Waals surface area contributed by atoms with E-state index >= 15 is 0 Å². The molecule has 0 aromatic heterocycles. The summed E-state index contributed by atoms with van der Waals surface area (Å²) in [5.41, 5.74) is 1.15. The van der Waals surface area contributed by atoms with Crippen molar-refractivity contribution in [1.82, 2.24) is 0 Å². The molecule has 0 bridgehead atoms. The number of nitrogens with zero attached hydrogens (tertiary/aromatic N) is 1. The van der Waals surface area contributed by atoms with E-state index < -0.39 is 5.92 Å². The second-order valence-electron chi connectivity index (χ2n) is 6.93. The van der Waals surface area contributed by atoms with Crippen molar-refractivity contribution in [1.29, 1.82) is 0 Å². The Balaban J connectivity index is 1.39. The highest BCUT2D eigenvalue weighted by atomic mass is 35.5. The zero-order valence-electron chi connectivity index (χ0n) is 15.8. The maximum Gasteiger partial charge on any atom is 0.229 e. The van der Waals surface area contributed by atoms with E-state index in [1.807, 2.05) is 30.3 Å². The molecule has 1 N–H and O–H groups in total. The second kappa shape index (κ2) is 8.78. The van der Waals surface area contributed by atoms with Crippen LogP contribution in [0.4, 0.5) is 11.4 Å². The van der Waals surface area contributed by atoms with Crippen LogP contribution in [0.2, 0.25) is 10.0 Å². The minimum Gasteiger partial charge on any atom is -0.457 e. The Bertz CT molecular complexity index is 1070. The maximum absolute atomic E-state index is 12.7. The fourth-order valence-corrected chi connectivity index (χ4v) is 3.67. The van der Waals surface area contributed by atoms with E-state index in [1.54, 1.807) is 42.5 Å². The molecule has 152 valence electrons. The predicted molar refractivity (Wildman–Crippen MR) is 119 cm³/mol. The summed E-state index contributed by atoms with van der Waals surface area (Å²) in [6.07, 6.45) is 0.115. The van der Waals surface area contributed by atoms with Crippen LogP contribution in [0, 0.1) is 5.92 Å². The van der Waals surface area contributed by atoms with E-state index in [2.05, 4.69) is 5.32 Å². The molecule has 1 saturated heterocycles. The van der Waals surface area contributed by atoms with Crippen LogP contribution in [-0.2, 0) is 9.59 Å². The summed E-state index contributed by atoms with van der Waals surface area (Å²) >= 11 is 12.2. The Morgan fingerprint density at radius 3 is 2.40 bits per heavy atom. The first-order chi connectivity index (χ1) is 14.5. The summed E-state index contributed by atoms with van der Waals surface area (Å²) in [4.78, 5) is 26.6. The number of benzene rings is 3. The van der Waals surface area contributed by atoms with Gasteiger partial charge in [0.1, 0.15) is 11.5 Å².